The van der Waals surface area contributed by atoms with Crippen molar-refractivity contribution in [2.45, 2.75) is 51.3 Å². The summed E-state index contributed by atoms with van der Waals surface area (Å²) in [7, 11) is -1.54. The van der Waals surface area contributed by atoms with E-state index in [4.69, 9.17) is 4.42 Å². The van der Waals surface area contributed by atoms with E-state index in [9.17, 15) is 8.42 Å². The van der Waals surface area contributed by atoms with Gasteiger partial charge in [0.05, 0.1) is 17.5 Å². The van der Waals surface area contributed by atoms with Gasteiger partial charge < -0.3 is 15.1 Å². The van der Waals surface area contributed by atoms with Crippen LogP contribution in [0.25, 0.3) is 0 Å². The Bertz CT molecular complexity index is 655. The summed E-state index contributed by atoms with van der Waals surface area (Å²) in [5, 5.41) is 6.08. The summed E-state index contributed by atoms with van der Waals surface area (Å²) in [5.74, 6) is 1.87. The van der Waals surface area contributed by atoms with Crippen molar-refractivity contribution in [2.24, 2.45) is 4.99 Å². The Labute approximate surface area is 138 Å². The smallest absolute Gasteiger partial charge is 0.213 e. The zero-order chi connectivity index (χ0) is 17.9. The van der Waals surface area contributed by atoms with E-state index < -0.39 is 14.6 Å². The minimum absolute atomic E-state index is 0.0926. The van der Waals surface area contributed by atoms with Gasteiger partial charge >= 0.3 is 0 Å². The minimum atomic E-state index is -3.16. The summed E-state index contributed by atoms with van der Waals surface area (Å²) >= 11 is 0. The van der Waals surface area contributed by atoms with Crippen LogP contribution in [0, 0.1) is 0 Å². The molecule has 2 N–H and O–H groups in total. The summed E-state index contributed by atoms with van der Waals surface area (Å²) in [4.78, 5) is 8.30. The first-order chi connectivity index (χ1) is 10.4. The van der Waals surface area contributed by atoms with Gasteiger partial charge in [-0.2, -0.15) is 0 Å². The number of nitrogens with one attached hydrogen (secondary N) is 2. The molecule has 0 atom stereocenters. The number of rotatable bonds is 5. The predicted molar refractivity (Wildman–Crippen MR) is 92.3 cm³/mol. The van der Waals surface area contributed by atoms with Gasteiger partial charge in [0.2, 0.25) is 5.89 Å². The van der Waals surface area contributed by atoms with Crippen LogP contribution < -0.4 is 10.6 Å². The fraction of sp³-hybridized carbons (Fsp3) is 0.733. The second-order valence-electron chi connectivity index (χ2n) is 7.18. The lowest BCUT2D eigenvalue weighted by atomic mass is 9.94. The Hall–Kier alpha value is -1.57. The summed E-state index contributed by atoms with van der Waals surface area (Å²) in [5.41, 5.74) is -0.0926. The normalized spacial score (nSPS) is 14.0. The molecule has 0 aromatic carbocycles. The van der Waals surface area contributed by atoms with Gasteiger partial charge in [-0.3, -0.25) is 4.99 Å². The number of oxazole rings is 1. The molecule has 23 heavy (non-hydrogen) atoms. The second kappa shape index (κ2) is 6.90. The SMILES string of the molecule is CN=C(NCc1ncc(C(C)(C)C)o1)NCC(C)(C)S(C)(=O)=O. The fourth-order valence-corrected chi connectivity index (χ4v) is 1.88. The fourth-order valence-electron chi connectivity index (χ4n) is 1.55. The van der Waals surface area contributed by atoms with Crippen LogP contribution >= 0.6 is 0 Å². The molecule has 0 amide bonds. The van der Waals surface area contributed by atoms with E-state index >= 15 is 0 Å². The van der Waals surface area contributed by atoms with E-state index in [2.05, 4.69) is 41.4 Å². The molecular weight excluding hydrogens is 316 g/mol. The van der Waals surface area contributed by atoms with Gasteiger partial charge in [-0.1, -0.05) is 20.8 Å². The molecule has 0 aliphatic carbocycles. The predicted octanol–water partition coefficient (Wildman–Crippen LogP) is 1.46. The van der Waals surface area contributed by atoms with Gasteiger partial charge in [-0.05, 0) is 13.8 Å². The third-order valence-electron chi connectivity index (χ3n) is 3.61. The van der Waals surface area contributed by atoms with Crippen LogP contribution in [0.3, 0.4) is 0 Å². The largest absolute Gasteiger partial charge is 0.443 e. The highest BCUT2D eigenvalue weighted by atomic mass is 32.2. The van der Waals surface area contributed by atoms with Crippen molar-refractivity contribution in [3.8, 4) is 0 Å². The zero-order valence-electron chi connectivity index (χ0n) is 15.0. The average molecular weight is 344 g/mol. The molecule has 0 bridgehead atoms. The van der Waals surface area contributed by atoms with Crippen molar-refractivity contribution in [1.29, 1.82) is 0 Å². The Kier molecular flexibility index (Phi) is 5.84. The maximum atomic E-state index is 11.7. The lowest BCUT2D eigenvalue weighted by molar-refractivity contribution is 0.379. The summed E-state index contributed by atoms with van der Waals surface area (Å²) in [6.07, 6.45) is 2.95. The highest BCUT2D eigenvalue weighted by molar-refractivity contribution is 7.92. The molecule has 1 heterocycles. The van der Waals surface area contributed by atoms with Crippen molar-refractivity contribution < 1.29 is 12.8 Å². The maximum absolute atomic E-state index is 11.7. The van der Waals surface area contributed by atoms with Crippen molar-refractivity contribution in [2.75, 3.05) is 19.8 Å². The van der Waals surface area contributed by atoms with Gasteiger partial charge in [-0.25, -0.2) is 13.4 Å². The molecule has 1 aromatic rings. The molecule has 0 spiro atoms. The third kappa shape index (κ3) is 5.53. The van der Waals surface area contributed by atoms with Crippen molar-refractivity contribution in [3.63, 3.8) is 0 Å². The van der Waals surface area contributed by atoms with Gasteiger partial charge in [0.15, 0.2) is 15.8 Å². The number of aliphatic imine (C=N–C) groups is 1. The molecule has 1 aromatic heterocycles. The molecule has 0 unspecified atom stereocenters. The van der Waals surface area contributed by atoms with Gasteiger partial charge in [0.25, 0.3) is 0 Å². The molecule has 0 fully saturated rings. The Balaban J connectivity index is 2.61. The van der Waals surface area contributed by atoms with E-state index in [0.29, 0.717) is 18.4 Å². The van der Waals surface area contributed by atoms with E-state index in [1.165, 1.54) is 6.26 Å². The standard InChI is InChI=1S/C15H28N4O3S/c1-14(2,3)11-8-17-12(22-11)9-18-13(16-6)19-10-15(4,5)23(7,20)21/h8H,9-10H2,1-7H3,(H2,16,18,19). The monoisotopic (exact) mass is 344 g/mol. The summed E-state index contributed by atoms with van der Waals surface area (Å²) in [6, 6.07) is 0. The van der Waals surface area contributed by atoms with Crippen LogP contribution in [0.5, 0.6) is 0 Å². The van der Waals surface area contributed by atoms with Crippen molar-refractivity contribution in [3.05, 3.63) is 17.8 Å². The van der Waals surface area contributed by atoms with Crippen LogP contribution in [0.4, 0.5) is 0 Å². The van der Waals surface area contributed by atoms with E-state index in [0.717, 1.165) is 5.76 Å². The molecule has 8 heteroatoms. The summed E-state index contributed by atoms with van der Waals surface area (Å²) < 4.78 is 28.2. The highest BCUT2D eigenvalue weighted by Crippen LogP contribution is 2.22. The summed E-state index contributed by atoms with van der Waals surface area (Å²) in [6.45, 7) is 10.1. The van der Waals surface area contributed by atoms with Crippen LogP contribution in [0.1, 0.15) is 46.3 Å². The molecule has 132 valence electrons. The molecule has 0 saturated carbocycles. The first kappa shape index (κ1) is 19.5. The van der Waals surface area contributed by atoms with Crippen molar-refractivity contribution >= 4 is 15.8 Å². The number of hydrogen-bond acceptors (Lipinski definition) is 5. The van der Waals surface area contributed by atoms with E-state index in [-0.39, 0.29) is 12.0 Å². The molecule has 1 rings (SSSR count). The van der Waals surface area contributed by atoms with Gasteiger partial charge in [0, 0.05) is 25.3 Å². The molecule has 0 radical (unpaired) electrons. The number of hydrogen-bond donors (Lipinski definition) is 2. The van der Waals surface area contributed by atoms with Crippen LogP contribution in [0.15, 0.2) is 15.6 Å². The van der Waals surface area contributed by atoms with E-state index in [1.807, 2.05) is 0 Å². The third-order valence-corrected chi connectivity index (χ3v) is 5.76. The lowest BCUT2D eigenvalue weighted by Gasteiger charge is -2.24. The number of nitrogens with zero attached hydrogens (tertiary/aromatic N) is 2. The van der Waals surface area contributed by atoms with E-state index in [1.54, 1.807) is 27.1 Å². The number of sulfone groups is 1. The highest BCUT2D eigenvalue weighted by Gasteiger charge is 2.30. The lowest BCUT2D eigenvalue weighted by Crippen LogP contribution is -2.47. The van der Waals surface area contributed by atoms with Crippen LogP contribution in [-0.4, -0.2) is 44.0 Å². The topological polar surface area (TPSA) is 96.6 Å². The molecule has 0 aliphatic rings. The Morgan fingerprint density at radius 2 is 1.87 bits per heavy atom. The quantitative estimate of drug-likeness (QED) is 0.620. The van der Waals surface area contributed by atoms with Gasteiger partial charge in [-0.15, -0.1) is 0 Å². The van der Waals surface area contributed by atoms with Crippen LogP contribution in [-0.2, 0) is 21.8 Å². The number of guanidine groups is 1. The Morgan fingerprint density at radius 3 is 2.30 bits per heavy atom. The molecule has 7 nitrogen and oxygen atoms in total. The molecule has 0 aliphatic heterocycles. The first-order valence-corrected chi connectivity index (χ1v) is 9.35. The molecule has 0 saturated heterocycles. The van der Waals surface area contributed by atoms with Gasteiger partial charge in [0.1, 0.15) is 5.76 Å². The first-order valence-electron chi connectivity index (χ1n) is 7.46. The van der Waals surface area contributed by atoms with Crippen LogP contribution in [0.2, 0.25) is 0 Å². The zero-order valence-corrected chi connectivity index (χ0v) is 15.8. The number of aromatic nitrogens is 1. The minimum Gasteiger partial charge on any atom is -0.443 e. The molecular formula is C15H28N4O3S. The van der Waals surface area contributed by atoms with Crippen molar-refractivity contribution in [1.82, 2.24) is 15.6 Å². The Morgan fingerprint density at radius 1 is 1.26 bits per heavy atom. The maximum Gasteiger partial charge on any atom is 0.213 e. The average Bonchev–Trinajstić information content (AvgIpc) is 2.86. The second-order valence-corrected chi connectivity index (χ2v) is 9.83.